The molecule has 0 saturated carbocycles. The third-order valence-electron chi connectivity index (χ3n) is 4.69. The van der Waals surface area contributed by atoms with Gasteiger partial charge in [0.15, 0.2) is 0 Å². The van der Waals surface area contributed by atoms with Crippen LogP contribution in [-0.2, 0) is 19.5 Å². The summed E-state index contributed by atoms with van der Waals surface area (Å²) in [6.45, 7) is 1.53. The van der Waals surface area contributed by atoms with E-state index in [0.717, 1.165) is 11.4 Å². The van der Waals surface area contributed by atoms with Gasteiger partial charge >= 0.3 is 0 Å². The second-order valence-electron chi connectivity index (χ2n) is 7.41. The average molecular weight is 582 g/mol. The second-order valence-corrected chi connectivity index (χ2v) is 9.58. The zero-order chi connectivity index (χ0) is 23.8. The number of hydrogen-bond donors (Lipinski definition) is 2. The number of nitrogens with two attached hydrogens (primary N) is 1. The average Bonchev–Trinajstić information content (AvgIpc) is 3.50. The standard InChI is InChI=1S/2C13H9NS.C2H6N2.Ru/c2*1-2-7-12-10(5-1)9-13(15-12)11-6-3-4-8-14-11;1-2(3)4;/h2*1-9H;1H3,(H3,3,4);. The predicted molar refractivity (Wildman–Crippen MR) is 148 cm³/mol. The van der Waals surface area contributed by atoms with Crippen LogP contribution in [0.3, 0.4) is 0 Å². The van der Waals surface area contributed by atoms with Crippen molar-refractivity contribution in [3.8, 4) is 21.1 Å². The molecule has 0 spiro atoms. The minimum Gasteiger partial charge on any atom is -0.388 e. The maximum atomic E-state index is 6.28. The monoisotopic (exact) mass is 582 g/mol. The fraction of sp³-hybridized carbons (Fsp3) is 0.0357. The maximum absolute atomic E-state index is 6.28. The van der Waals surface area contributed by atoms with Crippen LogP contribution in [0, 0.1) is 5.41 Å². The normalized spacial score (nSPS) is 9.86. The number of aromatic nitrogens is 2. The molecule has 3 N–H and O–H groups in total. The summed E-state index contributed by atoms with van der Waals surface area (Å²) >= 11 is 3.58. The molecule has 0 aliphatic rings. The second kappa shape index (κ2) is 13.0. The summed E-state index contributed by atoms with van der Waals surface area (Å²) < 4.78 is 2.64. The van der Waals surface area contributed by atoms with Crippen LogP contribution in [0.25, 0.3) is 41.3 Å². The van der Waals surface area contributed by atoms with E-state index in [0.29, 0.717) is 0 Å². The first-order chi connectivity index (χ1) is 16.6. The van der Waals surface area contributed by atoms with Crippen LogP contribution < -0.4 is 5.73 Å². The van der Waals surface area contributed by atoms with E-state index in [2.05, 4.69) is 70.6 Å². The first kappa shape index (κ1) is 26.4. The van der Waals surface area contributed by atoms with E-state index in [1.807, 2.05) is 48.8 Å². The van der Waals surface area contributed by atoms with Crippen molar-refractivity contribution in [1.29, 1.82) is 5.41 Å². The smallest absolute Gasteiger partial charge is 0.0873 e. The molecule has 0 aliphatic heterocycles. The first-order valence-electron chi connectivity index (χ1n) is 10.7. The molecule has 0 atom stereocenters. The Balaban J connectivity index is 0.000000166. The molecule has 7 heteroatoms. The van der Waals surface area contributed by atoms with Crippen LogP contribution in [0.2, 0.25) is 0 Å². The van der Waals surface area contributed by atoms with Gasteiger partial charge in [-0.15, -0.1) is 22.7 Å². The Labute approximate surface area is 225 Å². The Hall–Kier alpha value is -3.25. The zero-order valence-electron chi connectivity index (χ0n) is 19.0. The Morgan fingerprint density at radius 2 is 1.03 bits per heavy atom. The Kier molecular flexibility index (Phi) is 9.79. The van der Waals surface area contributed by atoms with Crippen molar-refractivity contribution >= 4 is 48.7 Å². The molecule has 4 nitrogen and oxygen atoms in total. The van der Waals surface area contributed by atoms with Gasteiger partial charge in [0, 0.05) is 41.3 Å². The van der Waals surface area contributed by atoms with Crippen molar-refractivity contribution in [3.05, 3.63) is 109 Å². The van der Waals surface area contributed by atoms with Gasteiger partial charge in [0.1, 0.15) is 0 Å². The minimum atomic E-state index is 0. The van der Waals surface area contributed by atoms with Crippen LogP contribution in [0.5, 0.6) is 0 Å². The number of nitrogens with one attached hydrogen (secondary N) is 1. The van der Waals surface area contributed by atoms with Gasteiger partial charge in [-0.25, -0.2) is 0 Å². The summed E-state index contributed by atoms with van der Waals surface area (Å²) in [6.07, 6.45) is 3.67. The van der Waals surface area contributed by atoms with Crippen molar-refractivity contribution in [1.82, 2.24) is 9.97 Å². The number of nitrogens with zero attached hydrogens (tertiary/aromatic N) is 2. The molecule has 6 rings (SSSR count). The number of hydrogen-bond acceptors (Lipinski definition) is 5. The van der Waals surface area contributed by atoms with Gasteiger partial charge in [0.25, 0.3) is 0 Å². The zero-order valence-corrected chi connectivity index (χ0v) is 22.4. The molecule has 35 heavy (non-hydrogen) atoms. The fourth-order valence-electron chi connectivity index (χ4n) is 3.23. The van der Waals surface area contributed by atoms with E-state index in [-0.39, 0.29) is 25.3 Å². The summed E-state index contributed by atoms with van der Waals surface area (Å²) in [6, 6.07) is 33.2. The topological polar surface area (TPSA) is 75.7 Å². The van der Waals surface area contributed by atoms with Crippen LogP contribution in [0.4, 0.5) is 0 Å². The van der Waals surface area contributed by atoms with E-state index < -0.39 is 0 Å². The van der Waals surface area contributed by atoms with Gasteiger partial charge in [-0.2, -0.15) is 0 Å². The molecule has 4 heterocycles. The van der Waals surface area contributed by atoms with Gasteiger partial charge in [-0.3, -0.25) is 15.4 Å². The van der Waals surface area contributed by atoms with Gasteiger partial charge in [-0.1, -0.05) is 48.5 Å². The fourth-order valence-corrected chi connectivity index (χ4v) is 5.31. The number of rotatable bonds is 2. The van der Waals surface area contributed by atoms with Crippen molar-refractivity contribution < 1.29 is 19.5 Å². The van der Waals surface area contributed by atoms with E-state index >= 15 is 0 Å². The van der Waals surface area contributed by atoms with Crippen LogP contribution in [-0.4, -0.2) is 15.8 Å². The molecule has 0 saturated heterocycles. The van der Waals surface area contributed by atoms with Crippen molar-refractivity contribution in [2.24, 2.45) is 5.73 Å². The molecular formula is C28H24N4RuS2. The number of thiophene rings is 2. The first-order valence-corrected chi connectivity index (χ1v) is 12.3. The molecular weight excluding hydrogens is 558 g/mol. The summed E-state index contributed by atoms with van der Waals surface area (Å²) in [5.41, 5.74) is 6.80. The molecule has 4 aromatic heterocycles. The Morgan fingerprint density at radius 3 is 1.37 bits per heavy atom. The molecule has 2 aromatic carbocycles. The summed E-state index contributed by atoms with van der Waals surface area (Å²) in [5.74, 6) is 0.167. The summed E-state index contributed by atoms with van der Waals surface area (Å²) in [4.78, 5) is 11.2. The van der Waals surface area contributed by atoms with Gasteiger partial charge in [0.2, 0.25) is 0 Å². The molecule has 0 fully saturated rings. The molecule has 0 bridgehead atoms. The molecule has 0 unspecified atom stereocenters. The van der Waals surface area contributed by atoms with Crippen LogP contribution in [0.1, 0.15) is 6.92 Å². The minimum absolute atomic E-state index is 0. The van der Waals surface area contributed by atoms with E-state index in [1.165, 1.54) is 36.9 Å². The Morgan fingerprint density at radius 1 is 0.657 bits per heavy atom. The number of amidine groups is 1. The van der Waals surface area contributed by atoms with Crippen LogP contribution >= 0.6 is 22.7 Å². The van der Waals surface area contributed by atoms with Crippen molar-refractivity contribution in [3.63, 3.8) is 0 Å². The predicted octanol–water partition coefficient (Wildman–Crippen LogP) is 7.87. The van der Waals surface area contributed by atoms with Crippen molar-refractivity contribution in [2.75, 3.05) is 0 Å². The summed E-state index contributed by atoms with van der Waals surface area (Å²) in [7, 11) is 0. The van der Waals surface area contributed by atoms with Gasteiger partial charge < -0.3 is 5.73 Å². The Bertz CT molecular complexity index is 1320. The molecule has 0 aliphatic carbocycles. The maximum Gasteiger partial charge on any atom is 0.0873 e. The van der Waals surface area contributed by atoms with Crippen molar-refractivity contribution in [2.45, 2.75) is 6.92 Å². The number of benzene rings is 2. The van der Waals surface area contributed by atoms with E-state index in [4.69, 9.17) is 11.1 Å². The summed E-state index contributed by atoms with van der Waals surface area (Å²) in [5, 5.41) is 8.87. The van der Waals surface area contributed by atoms with Crippen LogP contribution in [0.15, 0.2) is 109 Å². The molecule has 176 valence electrons. The number of fused-ring (bicyclic) bond motifs is 2. The molecule has 0 radical (unpaired) electrons. The quantitative estimate of drug-likeness (QED) is 0.124. The molecule has 6 aromatic rings. The SMILES string of the molecule is CC(=N)N.[Ru].c1ccc(-c2cc3ccccc3s2)nc1.c1ccc(-c2cc3ccccc3s2)nc1. The third kappa shape index (κ3) is 7.37. The van der Waals surface area contributed by atoms with E-state index in [1.54, 1.807) is 22.7 Å². The van der Waals surface area contributed by atoms with E-state index in [9.17, 15) is 0 Å². The van der Waals surface area contributed by atoms with Gasteiger partial charge in [-0.05, 0) is 66.2 Å². The number of pyridine rings is 2. The largest absolute Gasteiger partial charge is 0.388 e. The van der Waals surface area contributed by atoms with Gasteiger partial charge in [0.05, 0.1) is 27.0 Å². The molecule has 0 amide bonds. The third-order valence-corrected chi connectivity index (χ3v) is 6.96.